The summed E-state index contributed by atoms with van der Waals surface area (Å²) in [5.74, 6) is -1.43. The van der Waals surface area contributed by atoms with Crippen LogP contribution < -0.4 is 5.32 Å². The van der Waals surface area contributed by atoms with Crippen LogP contribution in [0.15, 0.2) is 18.2 Å². The maximum absolute atomic E-state index is 13.7. The first-order valence-electron chi connectivity index (χ1n) is 6.89. The highest BCUT2D eigenvalue weighted by Gasteiger charge is 2.40. The molecule has 1 heterocycles. The van der Waals surface area contributed by atoms with Gasteiger partial charge in [0, 0.05) is 38.6 Å². The molecule has 0 saturated carbocycles. The van der Waals surface area contributed by atoms with Gasteiger partial charge in [0.2, 0.25) is 6.43 Å². The van der Waals surface area contributed by atoms with Gasteiger partial charge in [0.25, 0.3) is 0 Å². The number of nitrogens with zero attached hydrogens (tertiary/aromatic N) is 1. The topological polar surface area (TPSA) is 15.3 Å². The number of hydrogen-bond acceptors (Lipinski definition) is 2. The summed E-state index contributed by atoms with van der Waals surface area (Å²) >= 11 is 0. The van der Waals surface area contributed by atoms with Crippen molar-refractivity contribution in [1.29, 1.82) is 0 Å². The van der Waals surface area contributed by atoms with E-state index in [0.717, 1.165) is 12.1 Å². The molecule has 0 aliphatic carbocycles. The average Bonchev–Trinajstić information content (AvgIpc) is 2.44. The third kappa shape index (κ3) is 3.92. The molecule has 1 saturated heterocycles. The molecule has 2 nitrogen and oxygen atoms in total. The van der Waals surface area contributed by atoms with Crippen LogP contribution in [0.25, 0.3) is 0 Å². The molecule has 2 rings (SSSR count). The molecule has 0 spiro atoms. The van der Waals surface area contributed by atoms with Crippen LogP contribution in [0.2, 0.25) is 0 Å². The minimum Gasteiger partial charge on any atom is -0.314 e. The smallest absolute Gasteiger partial charge is 0.314 e. The summed E-state index contributed by atoms with van der Waals surface area (Å²) in [6, 6.07) is 1.75. The normalized spacial score (nSPS) is 18.7. The van der Waals surface area contributed by atoms with Crippen LogP contribution in [0.5, 0.6) is 0 Å². The van der Waals surface area contributed by atoms with Crippen LogP contribution in [-0.2, 0) is 6.18 Å². The number of alkyl halides is 5. The molecule has 0 amide bonds. The fourth-order valence-electron chi connectivity index (χ4n) is 2.75. The van der Waals surface area contributed by atoms with Crippen molar-refractivity contribution in [2.24, 2.45) is 0 Å². The number of piperazine rings is 1. The molecule has 8 heteroatoms. The van der Waals surface area contributed by atoms with E-state index in [-0.39, 0.29) is 0 Å². The van der Waals surface area contributed by atoms with E-state index in [1.807, 2.05) is 0 Å². The second kappa shape index (κ2) is 6.87. The summed E-state index contributed by atoms with van der Waals surface area (Å²) in [5, 5.41) is 3.01. The second-order valence-corrected chi connectivity index (χ2v) is 5.13. The highest BCUT2D eigenvalue weighted by atomic mass is 19.4. The molecule has 1 aromatic carbocycles. The van der Waals surface area contributed by atoms with Gasteiger partial charge in [-0.3, -0.25) is 4.90 Å². The van der Waals surface area contributed by atoms with E-state index in [9.17, 15) is 26.3 Å². The molecule has 0 unspecified atom stereocenters. The van der Waals surface area contributed by atoms with E-state index < -0.39 is 42.0 Å². The Hall–Kier alpha value is -1.28. The fraction of sp³-hybridized carbons (Fsp3) is 0.571. The summed E-state index contributed by atoms with van der Waals surface area (Å²) in [7, 11) is 0. The highest BCUT2D eigenvalue weighted by molar-refractivity contribution is 5.34. The first kappa shape index (κ1) is 17.1. The summed E-state index contributed by atoms with van der Waals surface area (Å²) < 4.78 is 78.7. The van der Waals surface area contributed by atoms with Crippen molar-refractivity contribution in [3.8, 4) is 0 Å². The van der Waals surface area contributed by atoms with Gasteiger partial charge in [-0.05, 0) is 11.6 Å². The largest absolute Gasteiger partial charge is 0.419 e. The Kier molecular flexibility index (Phi) is 5.33. The Morgan fingerprint density at radius 1 is 1.14 bits per heavy atom. The van der Waals surface area contributed by atoms with Crippen LogP contribution >= 0.6 is 0 Å². The molecule has 1 atom stereocenters. The minimum absolute atomic E-state index is 0.338. The van der Waals surface area contributed by atoms with Gasteiger partial charge in [-0.15, -0.1) is 0 Å². The van der Waals surface area contributed by atoms with Crippen LogP contribution in [0, 0.1) is 5.82 Å². The van der Waals surface area contributed by atoms with Crippen molar-refractivity contribution in [3.63, 3.8) is 0 Å². The van der Waals surface area contributed by atoms with E-state index in [1.54, 1.807) is 4.90 Å². The molecule has 1 N–H and O–H groups in total. The Labute approximate surface area is 124 Å². The van der Waals surface area contributed by atoms with Crippen LogP contribution in [-0.4, -0.2) is 37.5 Å². The van der Waals surface area contributed by atoms with Crippen LogP contribution in [0.4, 0.5) is 26.3 Å². The van der Waals surface area contributed by atoms with E-state index in [0.29, 0.717) is 32.2 Å². The number of halogens is 6. The van der Waals surface area contributed by atoms with Crippen LogP contribution in [0.1, 0.15) is 23.6 Å². The first-order chi connectivity index (χ1) is 10.3. The van der Waals surface area contributed by atoms with Crippen molar-refractivity contribution in [3.05, 3.63) is 35.1 Å². The fourth-order valence-corrected chi connectivity index (χ4v) is 2.75. The summed E-state index contributed by atoms with van der Waals surface area (Å²) in [5.41, 5.74) is -1.87. The van der Waals surface area contributed by atoms with Crippen LogP contribution in [0.3, 0.4) is 0 Å². The van der Waals surface area contributed by atoms with Gasteiger partial charge in [-0.25, -0.2) is 13.2 Å². The SMILES string of the molecule is Fc1cccc([C@@H](CC(F)F)N2CCNCC2)c1C(F)(F)F. The molecule has 1 aliphatic rings. The zero-order valence-electron chi connectivity index (χ0n) is 11.6. The van der Waals surface area contributed by atoms with E-state index in [4.69, 9.17) is 0 Å². The lowest BCUT2D eigenvalue weighted by atomic mass is 9.95. The Morgan fingerprint density at radius 3 is 2.32 bits per heavy atom. The first-order valence-corrected chi connectivity index (χ1v) is 6.89. The second-order valence-electron chi connectivity index (χ2n) is 5.13. The molecule has 22 heavy (non-hydrogen) atoms. The number of benzene rings is 1. The number of rotatable bonds is 4. The molecule has 0 radical (unpaired) electrons. The zero-order valence-corrected chi connectivity index (χ0v) is 11.6. The maximum atomic E-state index is 13.7. The van der Waals surface area contributed by atoms with Gasteiger partial charge in [-0.2, -0.15) is 13.2 Å². The van der Waals surface area contributed by atoms with Gasteiger partial charge in [0.05, 0.1) is 5.56 Å². The number of hydrogen-bond donors (Lipinski definition) is 1. The van der Waals surface area contributed by atoms with Gasteiger partial charge < -0.3 is 5.32 Å². The Balaban J connectivity index is 2.44. The zero-order chi connectivity index (χ0) is 16.3. The van der Waals surface area contributed by atoms with Gasteiger partial charge in [-0.1, -0.05) is 12.1 Å². The maximum Gasteiger partial charge on any atom is 0.419 e. The van der Waals surface area contributed by atoms with Crippen molar-refractivity contribution in [1.82, 2.24) is 10.2 Å². The van der Waals surface area contributed by atoms with E-state index in [2.05, 4.69) is 5.32 Å². The quantitative estimate of drug-likeness (QED) is 0.853. The monoisotopic (exact) mass is 326 g/mol. The predicted octanol–water partition coefficient (Wildman–Crippen LogP) is 3.45. The summed E-state index contributed by atoms with van der Waals surface area (Å²) in [6.07, 6.45) is -8.45. The van der Waals surface area contributed by atoms with Gasteiger partial charge >= 0.3 is 6.18 Å². The molecular weight excluding hydrogens is 310 g/mol. The predicted molar refractivity (Wildman–Crippen MR) is 69.2 cm³/mol. The summed E-state index contributed by atoms with van der Waals surface area (Å²) in [6.45, 7) is 1.67. The molecule has 1 fully saturated rings. The minimum atomic E-state index is -4.92. The molecule has 1 aliphatic heterocycles. The van der Waals surface area contributed by atoms with Crippen molar-refractivity contribution >= 4 is 0 Å². The molecule has 0 aromatic heterocycles. The standard InChI is InChI=1S/C14H16F6N2/c15-10-3-1-2-9(13(10)14(18,19)20)11(8-12(16)17)22-6-4-21-5-7-22/h1-3,11-12,21H,4-8H2/t11-/m1/s1. The van der Waals surface area contributed by atoms with Gasteiger partial charge in [0.15, 0.2) is 0 Å². The molecule has 1 aromatic rings. The molecular formula is C14H16F6N2. The highest BCUT2D eigenvalue weighted by Crippen LogP contribution is 2.39. The van der Waals surface area contributed by atoms with Gasteiger partial charge in [0.1, 0.15) is 5.82 Å². The van der Waals surface area contributed by atoms with Crippen molar-refractivity contribution < 1.29 is 26.3 Å². The Bertz CT molecular complexity index is 497. The van der Waals surface area contributed by atoms with Crippen molar-refractivity contribution in [2.45, 2.75) is 25.1 Å². The van der Waals surface area contributed by atoms with E-state index >= 15 is 0 Å². The lowest BCUT2D eigenvalue weighted by molar-refractivity contribution is -0.141. The summed E-state index contributed by atoms with van der Waals surface area (Å²) in [4.78, 5) is 1.55. The Morgan fingerprint density at radius 2 is 1.77 bits per heavy atom. The lowest BCUT2D eigenvalue weighted by Crippen LogP contribution is -2.46. The van der Waals surface area contributed by atoms with E-state index in [1.165, 1.54) is 0 Å². The average molecular weight is 326 g/mol. The molecule has 124 valence electrons. The third-order valence-electron chi connectivity index (χ3n) is 3.68. The lowest BCUT2D eigenvalue weighted by Gasteiger charge is -2.36. The number of nitrogens with one attached hydrogen (secondary N) is 1. The third-order valence-corrected chi connectivity index (χ3v) is 3.68. The molecule has 0 bridgehead atoms. The van der Waals surface area contributed by atoms with Crippen molar-refractivity contribution in [2.75, 3.05) is 26.2 Å².